The molecule has 0 bridgehead atoms. The molecule has 0 radical (unpaired) electrons. The van der Waals surface area contributed by atoms with E-state index in [1.807, 2.05) is 12.1 Å². The normalized spacial score (nSPS) is 20.2. The Labute approximate surface area is 107 Å². The van der Waals surface area contributed by atoms with Crippen molar-refractivity contribution in [3.8, 4) is 0 Å². The van der Waals surface area contributed by atoms with E-state index in [9.17, 15) is 10.1 Å². The van der Waals surface area contributed by atoms with E-state index >= 15 is 0 Å². The molecular formula is C13H19N3O2. The van der Waals surface area contributed by atoms with Crippen molar-refractivity contribution < 1.29 is 4.92 Å². The summed E-state index contributed by atoms with van der Waals surface area (Å²) in [6, 6.07) is 7.42. The maximum absolute atomic E-state index is 10.9. The molecule has 1 saturated heterocycles. The van der Waals surface area contributed by atoms with E-state index in [0.29, 0.717) is 19.0 Å². The van der Waals surface area contributed by atoms with Crippen LogP contribution in [0.3, 0.4) is 0 Å². The van der Waals surface area contributed by atoms with Crippen LogP contribution in [-0.2, 0) is 6.42 Å². The van der Waals surface area contributed by atoms with Gasteiger partial charge >= 0.3 is 0 Å². The Morgan fingerprint density at radius 3 is 2.94 bits per heavy atom. The van der Waals surface area contributed by atoms with Crippen molar-refractivity contribution >= 4 is 5.69 Å². The molecule has 1 aliphatic heterocycles. The van der Waals surface area contributed by atoms with Gasteiger partial charge in [0.25, 0.3) is 5.69 Å². The van der Waals surface area contributed by atoms with E-state index in [-0.39, 0.29) is 10.6 Å². The van der Waals surface area contributed by atoms with Crippen LogP contribution in [0, 0.1) is 10.1 Å². The fourth-order valence-corrected chi connectivity index (χ4v) is 2.62. The summed E-state index contributed by atoms with van der Waals surface area (Å²) in [5.74, 6) is 0. The maximum atomic E-state index is 10.9. The molecule has 5 nitrogen and oxygen atoms in total. The number of hydrogen-bond donors (Lipinski definition) is 1. The highest BCUT2D eigenvalue weighted by Gasteiger charge is 2.23. The Hall–Kier alpha value is -1.46. The Kier molecular flexibility index (Phi) is 4.28. The molecule has 1 unspecified atom stereocenters. The van der Waals surface area contributed by atoms with Crippen molar-refractivity contribution in [2.45, 2.75) is 25.3 Å². The molecule has 98 valence electrons. The zero-order valence-electron chi connectivity index (χ0n) is 10.4. The summed E-state index contributed by atoms with van der Waals surface area (Å²) in [5.41, 5.74) is 6.75. The zero-order chi connectivity index (χ0) is 13.0. The van der Waals surface area contributed by atoms with Gasteiger partial charge in [0.1, 0.15) is 0 Å². The van der Waals surface area contributed by atoms with Gasteiger partial charge in [-0.25, -0.2) is 0 Å². The third kappa shape index (κ3) is 2.86. The van der Waals surface area contributed by atoms with Gasteiger partial charge in [-0.1, -0.05) is 18.2 Å². The number of rotatable bonds is 5. The van der Waals surface area contributed by atoms with Crippen molar-refractivity contribution in [1.82, 2.24) is 4.90 Å². The minimum atomic E-state index is -0.306. The van der Waals surface area contributed by atoms with Gasteiger partial charge in [-0.2, -0.15) is 0 Å². The number of para-hydroxylation sites is 1. The molecule has 1 heterocycles. The van der Waals surface area contributed by atoms with Crippen molar-refractivity contribution in [3.05, 3.63) is 39.9 Å². The minimum Gasteiger partial charge on any atom is -0.329 e. The SMILES string of the molecule is NCC1CCCN1CCc1ccccc1[N+](=O)[O-]. The Bertz CT molecular complexity index is 422. The summed E-state index contributed by atoms with van der Waals surface area (Å²) < 4.78 is 0. The lowest BCUT2D eigenvalue weighted by Crippen LogP contribution is -2.36. The van der Waals surface area contributed by atoms with Crippen LogP contribution < -0.4 is 5.73 Å². The predicted octanol–water partition coefficient (Wildman–Crippen LogP) is 1.56. The summed E-state index contributed by atoms with van der Waals surface area (Å²) in [6.45, 7) is 2.59. The van der Waals surface area contributed by atoms with Gasteiger partial charge in [0.15, 0.2) is 0 Å². The molecule has 0 amide bonds. The van der Waals surface area contributed by atoms with Crippen LogP contribution in [0.5, 0.6) is 0 Å². The first-order chi connectivity index (χ1) is 8.72. The molecule has 18 heavy (non-hydrogen) atoms. The van der Waals surface area contributed by atoms with Crippen LogP contribution >= 0.6 is 0 Å². The topological polar surface area (TPSA) is 72.4 Å². The fraction of sp³-hybridized carbons (Fsp3) is 0.538. The van der Waals surface area contributed by atoms with Crippen LogP contribution in [0.2, 0.25) is 0 Å². The molecule has 5 heteroatoms. The number of benzene rings is 1. The Balaban J connectivity index is 2.00. The monoisotopic (exact) mass is 249 g/mol. The lowest BCUT2D eigenvalue weighted by Gasteiger charge is -2.22. The molecule has 1 aromatic rings. The number of nitro groups is 1. The van der Waals surface area contributed by atoms with Crippen molar-refractivity contribution in [3.63, 3.8) is 0 Å². The highest BCUT2D eigenvalue weighted by molar-refractivity contribution is 5.39. The zero-order valence-corrected chi connectivity index (χ0v) is 10.4. The lowest BCUT2D eigenvalue weighted by atomic mass is 10.1. The molecule has 1 fully saturated rings. The smallest absolute Gasteiger partial charge is 0.272 e. The van der Waals surface area contributed by atoms with Gasteiger partial charge in [0.05, 0.1) is 4.92 Å². The summed E-state index contributed by atoms with van der Waals surface area (Å²) in [7, 11) is 0. The molecule has 0 spiro atoms. The van der Waals surface area contributed by atoms with Crippen LogP contribution in [0.15, 0.2) is 24.3 Å². The van der Waals surface area contributed by atoms with E-state index < -0.39 is 0 Å². The second kappa shape index (κ2) is 5.93. The Morgan fingerprint density at radius 1 is 1.44 bits per heavy atom. The molecule has 1 aliphatic rings. The fourth-order valence-electron chi connectivity index (χ4n) is 2.62. The first kappa shape index (κ1) is 13.0. The van der Waals surface area contributed by atoms with Gasteiger partial charge < -0.3 is 5.73 Å². The molecular weight excluding hydrogens is 230 g/mol. The number of hydrogen-bond acceptors (Lipinski definition) is 4. The van der Waals surface area contributed by atoms with E-state index in [2.05, 4.69) is 4.90 Å². The van der Waals surface area contributed by atoms with Crippen LogP contribution in [0.25, 0.3) is 0 Å². The minimum absolute atomic E-state index is 0.223. The number of nitrogens with two attached hydrogens (primary N) is 1. The predicted molar refractivity (Wildman–Crippen MR) is 70.4 cm³/mol. The summed E-state index contributed by atoms with van der Waals surface area (Å²) in [5, 5.41) is 10.9. The van der Waals surface area contributed by atoms with Crippen LogP contribution in [0.1, 0.15) is 18.4 Å². The quantitative estimate of drug-likeness (QED) is 0.635. The lowest BCUT2D eigenvalue weighted by molar-refractivity contribution is -0.385. The first-order valence-electron chi connectivity index (χ1n) is 6.39. The molecule has 1 aromatic carbocycles. The van der Waals surface area contributed by atoms with Crippen molar-refractivity contribution in [2.75, 3.05) is 19.6 Å². The second-order valence-electron chi connectivity index (χ2n) is 4.70. The summed E-state index contributed by atoms with van der Waals surface area (Å²) in [4.78, 5) is 12.9. The number of nitrogens with zero attached hydrogens (tertiary/aromatic N) is 2. The summed E-state index contributed by atoms with van der Waals surface area (Å²) >= 11 is 0. The van der Waals surface area contributed by atoms with Gasteiger partial charge in [0, 0.05) is 30.8 Å². The van der Waals surface area contributed by atoms with Crippen LogP contribution in [0.4, 0.5) is 5.69 Å². The van der Waals surface area contributed by atoms with Gasteiger partial charge in [-0.3, -0.25) is 15.0 Å². The number of likely N-dealkylation sites (tertiary alicyclic amines) is 1. The van der Waals surface area contributed by atoms with E-state index in [1.165, 1.54) is 6.42 Å². The Morgan fingerprint density at radius 2 is 2.22 bits per heavy atom. The third-order valence-electron chi connectivity index (χ3n) is 3.63. The van der Waals surface area contributed by atoms with Gasteiger partial charge in [0.2, 0.25) is 0 Å². The van der Waals surface area contributed by atoms with Crippen molar-refractivity contribution in [2.24, 2.45) is 5.73 Å². The highest BCUT2D eigenvalue weighted by atomic mass is 16.6. The average molecular weight is 249 g/mol. The van der Waals surface area contributed by atoms with E-state index in [4.69, 9.17) is 5.73 Å². The third-order valence-corrected chi connectivity index (χ3v) is 3.63. The molecule has 0 aliphatic carbocycles. The first-order valence-corrected chi connectivity index (χ1v) is 6.39. The van der Waals surface area contributed by atoms with Crippen molar-refractivity contribution in [1.29, 1.82) is 0 Å². The summed E-state index contributed by atoms with van der Waals surface area (Å²) in [6.07, 6.45) is 3.04. The van der Waals surface area contributed by atoms with E-state index in [0.717, 1.165) is 25.1 Å². The average Bonchev–Trinajstić information content (AvgIpc) is 2.84. The molecule has 2 N–H and O–H groups in total. The highest BCUT2D eigenvalue weighted by Crippen LogP contribution is 2.21. The standard InChI is InChI=1S/C13H19N3O2/c14-10-12-5-3-8-15(12)9-7-11-4-1-2-6-13(11)16(17)18/h1-2,4,6,12H,3,5,7-10,14H2. The molecule has 1 atom stereocenters. The van der Waals surface area contributed by atoms with Gasteiger partial charge in [-0.05, 0) is 25.8 Å². The maximum Gasteiger partial charge on any atom is 0.272 e. The van der Waals surface area contributed by atoms with Gasteiger partial charge in [-0.15, -0.1) is 0 Å². The second-order valence-corrected chi connectivity index (χ2v) is 4.70. The molecule has 2 rings (SSSR count). The molecule has 0 aromatic heterocycles. The largest absolute Gasteiger partial charge is 0.329 e. The molecule has 0 saturated carbocycles. The van der Waals surface area contributed by atoms with Crippen LogP contribution in [-0.4, -0.2) is 35.5 Å². The number of nitro benzene ring substituents is 1. The van der Waals surface area contributed by atoms with E-state index in [1.54, 1.807) is 12.1 Å².